The topological polar surface area (TPSA) is 56.0 Å². The minimum Gasteiger partial charge on any atom is -0.328 e. The van der Waals surface area contributed by atoms with Gasteiger partial charge in [-0.05, 0) is 43.7 Å². The maximum atomic E-state index is 12.5. The van der Waals surface area contributed by atoms with Crippen molar-refractivity contribution < 1.29 is 4.79 Å². The van der Waals surface area contributed by atoms with Crippen molar-refractivity contribution in [3.05, 3.63) is 29.6 Å². The van der Waals surface area contributed by atoms with Crippen molar-refractivity contribution in [3.63, 3.8) is 0 Å². The van der Waals surface area contributed by atoms with Crippen LogP contribution in [0.3, 0.4) is 0 Å². The summed E-state index contributed by atoms with van der Waals surface area (Å²) >= 11 is 0. The lowest BCUT2D eigenvalue weighted by atomic mass is 9.89. The third kappa shape index (κ3) is 1.89. The Bertz CT molecular complexity index is 444. The van der Waals surface area contributed by atoms with Crippen molar-refractivity contribution in [1.82, 2.24) is 4.98 Å². The molecule has 3 rings (SSSR count). The van der Waals surface area contributed by atoms with Crippen molar-refractivity contribution in [2.75, 3.05) is 0 Å². The molecule has 1 saturated carbocycles. The van der Waals surface area contributed by atoms with E-state index in [1.165, 1.54) is 5.56 Å². The van der Waals surface area contributed by atoms with Gasteiger partial charge in [-0.1, -0.05) is 6.07 Å². The lowest BCUT2D eigenvalue weighted by Crippen LogP contribution is -2.22. The second kappa shape index (κ2) is 4.22. The number of carbonyl (C=O) groups excluding carboxylic acids is 1. The number of carbonyl (C=O) groups is 1. The van der Waals surface area contributed by atoms with Crippen LogP contribution < -0.4 is 5.73 Å². The summed E-state index contributed by atoms with van der Waals surface area (Å²) in [6.45, 7) is 0. The molecule has 1 aromatic rings. The monoisotopic (exact) mass is 230 g/mol. The summed E-state index contributed by atoms with van der Waals surface area (Å²) in [5.74, 6) is 0.611. The number of pyridine rings is 1. The van der Waals surface area contributed by atoms with E-state index in [1.54, 1.807) is 6.20 Å². The Balaban J connectivity index is 1.80. The molecular formula is C14H18N2O. The van der Waals surface area contributed by atoms with E-state index in [0.717, 1.165) is 37.8 Å². The van der Waals surface area contributed by atoms with Gasteiger partial charge in [-0.3, -0.25) is 9.78 Å². The number of ketones is 1. The SMILES string of the molecule is NC1CCC(C(=O)C2CCc3cccnc32)C1. The quantitative estimate of drug-likeness (QED) is 0.843. The normalized spacial score (nSPS) is 31.5. The summed E-state index contributed by atoms with van der Waals surface area (Å²) in [5.41, 5.74) is 8.17. The highest BCUT2D eigenvalue weighted by atomic mass is 16.1. The van der Waals surface area contributed by atoms with Crippen LogP contribution in [-0.4, -0.2) is 16.8 Å². The Morgan fingerprint density at radius 1 is 1.35 bits per heavy atom. The van der Waals surface area contributed by atoms with Crippen LogP contribution in [0.25, 0.3) is 0 Å². The van der Waals surface area contributed by atoms with Gasteiger partial charge in [-0.2, -0.15) is 0 Å². The molecule has 1 aromatic heterocycles. The molecule has 3 atom stereocenters. The molecule has 0 spiro atoms. The average molecular weight is 230 g/mol. The molecule has 2 aliphatic carbocycles. The first kappa shape index (κ1) is 10.9. The van der Waals surface area contributed by atoms with Crippen molar-refractivity contribution in [3.8, 4) is 0 Å². The van der Waals surface area contributed by atoms with Crippen LogP contribution in [-0.2, 0) is 11.2 Å². The first-order chi connectivity index (χ1) is 8.25. The van der Waals surface area contributed by atoms with Gasteiger partial charge < -0.3 is 5.73 Å². The van der Waals surface area contributed by atoms with E-state index < -0.39 is 0 Å². The molecule has 90 valence electrons. The molecule has 3 heteroatoms. The summed E-state index contributed by atoms with van der Waals surface area (Å²) in [6.07, 6.45) is 6.58. The number of rotatable bonds is 2. The molecular weight excluding hydrogens is 212 g/mol. The summed E-state index contributed by atoms with van der Waals surface area (Å²) in [4.78, 5) is 16.9. The van der Waals surface area contributed by atoms with Crippen LogP contribution in [0.2, 0.25) is 0 Å². The largest absolute Gasteiger partial charge is 0.328 e. The molecule has 0 radical (unpaired) electrons. The smallest absolute Gasteiger partial charge is 0.145 e. The van der Waals surface area contributed by atoms with Gasteiger partial charge >= 0.3 is 0 Å². The molecule has 1 heterocycles. The highest BCUT2D eigenvalue weighted by Crippen LogP contribution is 2.37. The zero-order chi connectivity index (χ0) is 11.8. The number of hydrogen-bond donors (Lipinski definition) is 1. The number of nitrogens with zero attached hydrogens (tertiary/aromatic N) is 1. The molecule has 0 amide bonds. The first-order valence-corrected chi connectivity index (χ1v) is 6.49. The van der Waals surface area contributed by atoms with E-state index in [2.05, 4.69) is 11.1 Å². The summed E-state index contributed by atoms with van der Waals surface area (Å²) < 4.78 is 0. The number of hydrogen-bond acceptors (Lipinski definition) is 3. The molecule has 3 nitrogen and oxygen atoms in total. The van der Waals surface area contributed by atoms with Crippen LogP contribution in [0.4, 0.5) is 0 Å². The maximum absolute atomic E-state index is 12.5. The Kier molecular flexibility index (Phi) is 2.71. The average Bonchev–Trinajstić information content (AvgIpc) is 2.94. The molecule has 2 N–H and O–H groups in total. The van der Waals surface area contributed by atoms with Crippen molar-refractivity contribution in [2.45, 2.75) is 44.1 Å². The van der Waals surface area contributed by atoms with Crippen LogP contribution >= 0.6 is 0 Å². The zero-order valence-corrected chi connectivity index (χ0v) is 9.93. The molecule has 0 aliphatic heterocycles. The minimum atomic E-state index is 0.0431. The van der Waals surface area contributed by atoms with E-state index in [0.29, 0.717) is 5.78 Å². The van der Waals surface area contributed by atoms with E-state index in [4.69, 9.17) is 5.73 Å². The predicted molar refractivity (Wildman–Crippen MR) is 65.6 cm³/mol. The van der Waals surface area contributed by atoms with Crippen molar-refractivity contribution in [1.29, 1.82) is 0 Å². The van der Waals surface area contributed by atoms with Gasteiger partial charge in [0.1, 0.15) is 5.78 Å². The van der Waals surface area contributed by atoms with Crippen LogP contribution in [0.15, 0.2) is 18.3 Å². The Hall–Kier alpha value is -1.22. The van der Waals surface area contributed by atoms with Crippen molar-refractivity contribution >= 4 is 5.78 Å². The predicted octanol–water partition coefficient (Wildman–Crippen LogP) is 1.81. The highest BCUT2D eigenvalue weighted by molar-refractivity contribution is 5.88. The fraction of sp³-hybridized carbons (Fsp3) is 0.571. The second-order valence-corrected chi connectivity index (χ2v) is 5.31. The second-order valence-electron chi connectivity index (χ2n) is 5.31. The van der Waals surface area contributed by atoms with Gasteiger partial charge in [-0.25, -0.2) is 0 Å². The third-order valence-corrected chi connectivity index (χ3v) is 4.18. The van der Waals surface area contributed by atoms with E-state index in [1.807, 2.05) is 6.07 Å². The molecule has 1 fully saturated rings. The number of aromatic nitrogens is 1. The highest BCUT2D eigenvalue weighted by Gasteiger charge is 2.36. The molecule has 17 heavy (non-hydrogen) atoms. The fourth-order valence-corrected chi connectivity index (χ4v) is 3.25. The van der Waals surface area contributed by atoms with Gasteiger partial charge in [-0.15, -0.1) is 0 Å². The van der Waals surface area contributed by atoms with E-state index in [9.17, 15) is 4.79 Å². The summed E-state index contributed by atoms with van der Waals surface area (Å²) in [5, 5.41) is 0. The number of nitrogens with two attached hydrogens (primary N) is 1. The Morgan fingerprint density at radius 3 is 3.00 bits per heavy atom. The molecule has 0 aromatic carbocycles. The number of Topliss-reactive ketones (excluding diaryl/α,β-unsaturated/α-hetero) is 1. The molecule has 3 unspecified atom stereocenters. The van der Waals surface area contributed by atoms with Crippen LogP contribution in [0, 0.1) is 5.92 Å². The van der Waals surface area contributed by atoms with Crippen molar-refractivity contribution in [2.24, 2.45) is 11.7 Å². The van der Waals surface area contributed by atoms with Crippen LogP contribution in [0.1, 0.15) is 42.9 Å². The third-order valence-electron chi connectivity index (χ3n) is 4.18. The zero-order valence-electron chi connectivity index (χ0n) is 9.93. The van der Waals surface area contributed by atoms with Gasteiger partial charge in [0, 0.05) is 18.2 Å². The summed E-state index contributed by atoms with van der Waals surface area (Å²) in [6, 6.07) is 4.28. The Labute approximate surface area is 101 Å². The Morgan fingerprint density at radius 2 is 2.24 bits per heavy atom. The molecule has 2 aliphatic rings. The van der Waals surface area contributed by atoms with Gasteiger partial charge in [0.15, 0.2) is 0 Å². The molecule has 0 bridgehead atoms. The first-order valence-electron chi connectivity index (χ1n) is 6.49. The van der Waals surface area contributed by atoms with Gasteiger partial charge in [0.25, 0.3) is 0 Å². The van der Waals surface area contributed by atoms with Crippen LogP contribution in [0.5, 0.6) is 0 Å². The number of aryl methyl sites for hydroxylation is 1. The van der Waals surface area contributed by atoms with E-state index >= 15 is 0 Å². The van der Waals surface area contributed by atoms with Gasteiger partial charge in [0.05, 0.1) is 11.6 Å². The lowest BCUT2D eigenvalue weighted by Gasteiger charge is -2.14. The fourth-order valence-electron chi connectivity index (χ4n) is 3.25. The van der Waals surface area contributed by atoms with Gasteiger partial charge in [0.2, 0.25) is 0 Å². The number of fused-ring (bicyclic) bond motifs is 1. The minimum absolute atomic E-state index is 0.0431. The molecule has 0 saturated heterocycles. The van der Waals surface area contributed by atoms with E-state index in [-0.39, 0.29) is 17.9 Å². The lowest BCUT2D eigenvalue weighted by molar-refractivity contribution is -0.124. The standard InChI is InChI=1S/C14H18N2O/c15-11-5-3-10(8-11)14(17)12-6-4-9-2-1-7-16-13(9)12/h1-2,7,10-12H,3-6,8,15H2. The maximum Gasteiger partial charge on any atom is 0.145 e. The summed E-state index contributed by atoms with van der Waals surface area (Å²) in [7, 11) is 0.